The zero-order chi connectivity index (χ0) is 19.2. The van der Waals surface area contributed by atoms with E-state index in [-0.39, 0.29) is 13.2 Å². The lowest BCUT2D eigenvalue weighted by atomic mass is 10.2. The summed E-state index contributed by atoms with van der Waals surface area (Å²) < 4.78 is 5.47. The summed E-state index contributed by atoms with van der Waals surface area (Å²) in [7, 11) is 0. The lowest BCUT2D eigenvalue weighted by Gasteiger charge is -2.04. The molecule has 0 atom stereocenters. The Kier molecular flexibility index (Phi) is 9.25. The fourth-order valence-electron chi connectivity index (χ4n) is 2.08. The summed E-state index contributed by atoms with van der Waals surface area (Å²) in [6.07, 6.45) is 3.92. The maximum atomic E-state index is 8.73. The molecule has 0 bridgehead atoms. The van der Waals surface area contributed by atoms with Crippen LogP contribution in [-0.2, 0) is 0 Å². The predicted octanol–water partition coefficient (Wildman–Crippen LogP) is 3.33. The molecule has 0 heterocycles. The van der Waals surface area contributed by atoms with Crippen LogP contribution in [0.15, 0.2) is 53.5 Å². The molecule has 27 heavy (non-hydrogen) atoms. The van der Waals surface area contributed by atoms with E-state index in [1.165, 1.54) is 0 Å². The van der Waals surface area contributed by atoms with Crippen LogP contribution in [0.2, 0.25) is 0 Å². The van der Waals surface area contributed by atoms with Gasteiger partial charge in [-0.1, -0.05) is 11.8 Å². The van der Waals surface area contributed by atoms with Crippen molar-refractivity contribution < 1.29 is 14.9 Å². The summed E-state index contributed by atoms with van der Waals surface area (Å²) in [5, 5.41) is 17.5. The summed E-state index contributed by atoms with van der Waals surface area (Å²) >= 11 is 0. The maximum absolute atomic E-state index is 8.73. The Morgan fingerprint density at radius 3 is 2.00 bits per heavy atom. The highest BCUT2D eigenvalue weighted by Gasteiger charge is 1.93. The van der Waals surface area contributed by atoms with Gasteiger partial charge in [-0.15, -0.1) is 0 Å². The number of unbranched alkanes of at least 4 members (excludes halogenated alkanes) is 1. The average molecular weight is 361 g/mol. The zero-order valence-corrected chi connectivity index (χ0v) is 15.2. The van der Waals surface area contributed by atoms with Gasteiger partial charge >= 0.3 is 0 Å². The highest BCUT2D eigenvalue weighted by molar-refractivity contribution is 5.63. The molecule has 2 N–H and O–H groups in total. The van der Waals surface area contributed by atoms with Crippen molar-refractivity contribution in [3.63, 3.8) is 0 Å². The van der Waals surface area contributed by atoms with Crippen molar-refractivity contribution in [1.29, 1.82) is 0 Å². The zero-order valence-electron chi connectivity index (χ0n) is 15.2. The number of benzene rings is 2. The average Bonchev–Trinajstić information content (AvgIpc) is 2.71. The molecule has 0 aliphatic rings. The fraction of sp³-hybridized carbons (Fsp3) is 0.261. The van der Waals surface area contributed by atoms with Gasteiger partial charge in [0.25, 0.3) is 0 Å². The van der Waals surface area contributed by atoms with E-state index < -0.39 is 0 Å². The molecule has 0 unspecified atom stereocenters. The van der Waals surface area contributed by atoms with E-state index in [9.17, 15) is 0 Å². The van der Waals surface area contributed by atoms with Crippen molar-refractivity contribution in [2.75, 3.05) is 19.8 Å². The van der Waals surface area contributed by atoms with Crippen LogP contribution in [0.25, 0.3) is 0 Å². The van der Waals surface area contributed by atoms with E-state index in [0.29, 0.717) is 13.0 Å². The molecule has 2 rings (SSSR count). The number of ether oxygens (including phenoxy) is 1. The quantitative estimate of drug-likeness (QED) is 0.431. The number of aliphatic hydroxyl groups excluding tert-OH is 2. The lowest BCUT2D eigenvalue weighted by molar-refractivity contribution is 0.233. The molecule has 4 nitrogen and oxygen atoms in total. The summed E-state index contributed by atoms with van der Waals surface area (Å²) in [5.74, 6) is 12.5. The van der Waals surface area contributed by atoms with Crippen LogP contribution < -0.4 is 4.74 Å². The van der Waals surface area contributed by atoms with Crippen molar-refractivity contribution in [2.24, 2.45) is 4.99 Å². The third kappa shape index (κ3) is 8.25. The Bertz CT molecular complexity index is 832. The number of hydrogen-bond donors (Lipinski definition) is 2. The molecule has 0 radical (unpaired) electrons. The minimum Gasteiger partial charge on any atom is -0.494 e. The summed E-state index contributed by atoms with van der Waals surface area (Å²) in [6.45, 7) is 0.812. The molecule has 0 saturated heterocycles. The minimum absolute atomic E-state index is 0.128. The second-order valence-corrected chi connectivity index (χ2v) is 5.67. The smallest absolute Gasteiger partial charge is 0.119 e. The third-order valence-electron chi connectivity index (χ3n) is 3.50. The molecule has 2 aromatic carbocycles. The normalized spacial score (nSPS) is 10.0. The van der Waals surface area contributed by atoms with E-state index in [0.717, 1.165) is 35.4 Å². The van der Waals surface area contributed by atoms with Crippen molar-refractivity contribution in [1.82, 2.24) is 0 Å². The van der Waals surface area contributed by atoms with Crippen LogP contribution in [0.3, 0.4) is 0 Å². The van der Waals surface area contributed by atoms with E-state index in [4.69, 9.17) is 14.9 Å². The van der Waals surface area contributed by atoms with Gasteiger partial charge in [-0.2, -0.15) is 0 Å². The SMILES string of the molecule is OCCCC=Nc1ccc(C#CC#Cc2ccc(OCCCO)cc2)cc1. The standard InChI is InChI=1S/C23H23NO3/c25-17-4-3-16-24-22-12-8-20(9-13-22)6-1-2-7-21-10-14-23(15-11-21)27-19-5-18-26/h8-16,25-26H,3-5,17-19H2. The van der Waals surface area contributed by atoms with Crippen LogP contribution in [0.5, 0.6) is 5.75 Å². The molecule has 0 amide bonds. The van der Waals surface area contributed by atoms with E-state index >= 15 is 0 Å². The topological polar surface area (TPSA) is 62.1 Å². The number of nitrogens with zero attached hydrogens (tertiary/aromatic N) is 1. The first-order valence-corrected chi connectivity index (χ1v) is 8.91. The van der Waals surface area contributed by atoms with Gasteiger partial charge in [0.1, 0.15) is 5.75 Å². The number of aliphatic imine (C=N–C) groups is 1. The monoisotopic (exact) mass is 361 g/mol. The van der Waals surface area contributed by atoms with Crippen molar-refractivity contribution in [3.8, 4) is 29.4 Å². The van der Waals surface area contributed by atoms with Gasteiger partial charge in [-0.05, 0) is 73.2 Å². The van der Waals surface area contributed by atoms with Crippen molar-refractivity contribution in [2.45, 2.75) is 19.3 Å². The number of rotatable bonds is 8. The summed E-state index contributed by atoms with van der Waals surface area (Å²) in [6, 6.07) is 15.1. The predicted molar refractivity (Wildman–Crippen MR) is 108 cm³/mol. The Hall–Kier alpha value is -3.05. The van der Waals surface area contributed by atoms with Crippen LogP contribution >= 0.6 is 0 Å². The summed E-state index contributed by atoms with van der Waals surface area (Å²) in [5.41, 5.74) is 2.61. The van der Waals surface area contributed by atoms with Gasteiger partial charge in [-0.25, -0.2) is 0 Å². The van der Waals surface area contributed by atoms with E-state index in [2.05, 4.69) is 28.7 Å². The molecule has 0 saturated carbocycles. The molecule has 138 valence electrons. The van der Waals surface area contributed by atoms with Crippen molar-refractivity contribution in [3.05, 3.63) is 59.7 Å². The van der Waals surface area contributed by atoms with Gasteiger partial charge < -0.3 is 14.9 Å². The largest absolute Gasteiger partial charge is 0.494 e. The third-order valence-corrected chi connectivity index (χ3v) is 3.50. The molecular weight excluding hydrogens is 338 g/mol. The lowest BCUT2D eigenvalue weighted by Crippen LogP contribution is -1.99. The highest BCUT2D eigenvalue weighted by Crippen LogP contribution is 2.13. The van der Waals surface area contributed by atoms with Gasteiger partial charge in [0, 0.05) is 37.0 Å². The van der Waals surface area contributed by atoms with Gasteiger partial charge in [0.2, 0.25) is 0 Å². The molecule has 2 aromatic rings. The first kappa shape index (κ1) is 20.3. The molecule has 0 aliphatic heterocycles. The molecule has 0 fully saturated rings. The number of hydrogen-bond acceptors (Lipinski definition) is 4. The highest BCUT2D eigenvalue weighted by atomic mass is 16.5. The maximum Gasteiger partial charge on any atom is 0.119 e. The van der Waals surface area contributed by atoms with Crippen molar-refractivity contribution >= 4 is 11.9 Å². The first-order chi connectivity index (χ1) is 13.3. The Morgan fingerprint density at radius 1 is 0.815 bits per heavy atom. The first-order valence-electron chi connectivity index (χ1n) is 8.91. The second-order valence-electron chi connectivity index (χ2n) is 5.67. The van der Waals surface area contributed by atoms with Gasteiger partial charge in [0.15, 0.2) is 0 Å². The Balaban J connectivity index is 1.87. The Morgan fingerprint density at radius 2 is 1.41 bits per heavy atom. The Labute approximate surface area is 160 Å². The number of aliphatic hydroxyl groups is 2. The van der Waals surface area contributed by atoms with E-state index in [1.54, 1.807) is 0 Å². The molecule has 0 aliphatic carbocycles. The van der Waals surface area contributed by atoms with Crippen LogP contribution in [-0.4, -0.2) is 36.2 Å². The fourth-order valence-corrected chi connectivity index (χ4v) is 2.08. The molecule has 0 spiro atoms. The second kappa shape index (κ2) is 12.3. The molecule has 0 aromatic heterocycles. The van der Waals surface area contributed by atoms with Gasteiger partial charge in [-0.3, -0.25) is 4.99 Å². The summed E-state index contributed by atoms with van der Waals surface area (Å²) in [4.78, 5) is 4.32. The van der Waals surface area contributed by atoms with Crippen LogP contribution in [0, 0.1) is 23.7 Å². The minimum atomic E-state index is 0.128. The molecular formula is C23H23NO3. The van der Waals surface area contributed by atoms with Crippen LogP contribution in [0.1, 0.15) is 30.4 Å². The van der Waals surface area contributed by atoms with E-state index in [1.807, 2.05) is 54.7 Å². The van der Waals surface area contributed by atoms with Crippen LogP contribution in [0.4, 0.5) is 5.69 Å². The molecule has 4 heteroatoms. The van der Waals surface area contributed by atoms with Gasteiger partial charge in [0.05, 0.1) is 12.3 Å².